The molecular formula is C16H28N4O2S. The number of carbonyl (C=O) groups excluding carboxylic acids is 1. The number of aromatic nitrogens is 1. The molecule has 6 nitrogen and oxygen atoms in total. The van der Waals surface area contributed by atoms with E-state index in [-0.39, 0.29) is 12.1 Å². The topological polar surface area (TPSA) is 68.7 Å². The summed E-state index contributed by atoms with van der Waals surface area (Å²) in [5.41, 5.74) is -0.708. The van der Waals surface area contributed by atoms with Gasteiger partial charge in [-0.25, -0.2) is 9.78 Å². The normalized spacial score (nSPS) is 19.9. The van der Waals surface area contributed by atoms with Gasteiger partial charge in [-0.05, 0) is 27.2 Å². The summed E-state index contributed by atoms with van der Waals surface area (Å²) in [5, 5.41) is 13.9. The molecule has 1 aromatic rings. The number of nitrogens with one attached hydrogen (secondary N) is 1. The summed E-state index contributed by atoms with van der Waals surface area (Å²) in [6.45, 7) is 11.1. The number of piperazine rings is 1. The minimum Gasteiger partial charge on any atom is -0.389 e. The molecule has 1 aliphatic rings. The van der Waals surface area contributed by atoms with Gasteiger partial charge >= 0.3 is 6.03 Å². The predicted molar refractivity (Wildman–Crippen MR) is 92.6 cm³/mol. The summed E-state index contributed by atoms with van der Waals surface area (Å²) in [6, 6.07) is 0.209. The van der Waals surface area contributed by atoms with E-state index in [0.717, 1.165) is 18.0 Å². The largest absolute Gasteiger partial charge is 0.389 e. The van der Waals surface area contributed by atoms with Crippen LogP contribution in [0.3, 0.4) is 0 Å². The summed E-state index contributed by atoms with van der Waals surface area (Å²) in [5.74, 6) is 0. The second-order valence-corrected chi connectivity index (χ2v) is 8.01. The van der Waals surface area contributed by atoms with E-state index < -0.39 is 5.60 Å². The molecule has 1 fully saturated rings. The Labute approximate surface area is 142 Å². The van der Waals surface area contributed by atoms with Crippen molar-refractivity contribution < 1.29 is 9.90 Å². The fraction of sp³-hybridized carbons (Fsp3) is 0.750. The maximum Gasteiger partial charge on any atom is 0.317 e. The molecular weight excluding hydrogens is 312 g/mol. The molecule has 2 heterocycles. The summed E-state index contributed by atoms with van der Waals surface area (Å²) in [4.78, 5) is 22.0. The first kappa shape index (κ1) is 18.2. The zero-order valence-electron chi connectivity index (χ0n) is 14.5. The van der Waals surface area contributed by atoms with E-state index in [1.807, 2.05) is 24.9 Å². The van der Waals surface area contributed by atoms with Gasteiger partial charge in [-0.2, -0.15) is 0 Å². The van der Waals surface area contributed by atoms with Crippen LogP contribution in [0.5, 0.6) is 0 Å². The van der Waals surface area contributed by atoms with Gasteiger partial charge in [-0.1, -0.05) is 6.92 Å². The average Bonchev–Trinajstić information content (AvgIpc) is 2.93. The first-order valence-electron chi connectivity index (χ1n) is 8.21. The summed E-state index contributed by atoms with van der Waals surface area (Å²) in [6.07, 6.45) is 2.86. The highest BCUT2D eigenvalue weighted by molar-refractivity contribution is 7.11. The SMILES string of the molecule is CCc1cnc(CNC(=O)N2CCN(CC(C)(C)O)C(C)C2)s1. The molecule has 130 valence electrons. The third kappa shape index (κ3) is 5.44. The molecule has 1 unspecified atom stereocenters. The van der Waals surface area contributed by atoms with Crippen LogP contribution in [-0.2, 0) is 13.0 Å². The van der Waals surface area contributed by atoms with Crippen LogP contribution in [0.4, 0.5) is 4.79 Å². The van der Waals surface area contributed by atoms with Crippen LogP contribution in [0.1, 0.15) is 37.6 Å². The van der Waals surface area contributed by atoms with Gasteiger partial charge in [0.15, 0.2) is 0 Å². The van der Waals surface area contributed by atoms with Crippen LogP contribution in [-0.4, -0.2) is 63.7 Å². The Hall–Kier alpha value is -1.18. The summed E-state index contributed by atoms with van der Waals surface area (Å²) in [7, 11) is 0. The van der Waals surface area contributed by atoms with Crippen LogP contribution in [0.25, 0.3) is 0 Å². The highest BCUT2D eigenvalue weighted by Gasteiger charge is 2.29. The Morgan fingerprint density at radius 2 is 2.26 bits per heavy atom. The van der Waals surface area contributed by atoms with E-state index in [1.165, 1.54) is 4.88 Å². The Balaban J connectivity index is 1.80. The van der Waals surface area contributed by atoms with Crippen molar-refractivity contribution in [2.75, 3.05) is 26.2 Å². The molecule has 23 heavy (non-hydrogen) atoms. The lowest BCUT2D eigenvalue weighted by atomic mass is 10.1. The van der Waals surface area contributed by atoms with Gasteiger partial charge in [0.2, 0.25) is 0 Å². The smallest absolute Gasteiger partial charge is 0.317 e. The second-order valence-electron chi connectivity index (χ2n) is 6.81. The molecule has 0 spiro atoms. The third-order valence-electron chi connectivity index (χ3n) is 3.98. The lowest BCUT2D eigenvalue weighted by Crippen LogP contribution is -2.57. The van der Waals surface area contributed by atoms with Gasteiger partial charge in [0.1, 0.15) is 5.01 Å². The number of carbonyl (C=O) groups is 1. The molecule has 2 amide bonds. The molecule has 1 atom stereocenters. The number of rotatable bonds is 5. The Bertz CT molecular complexity index is 526. The van der Waals surface area contributed by atoms with Gasteiger partial charge in [0.05, 0.1) is 12.1 Å². The van der Waals surface area contributed by atoms with E-state index in [1.54, 1.807) is 11.3 Å². The van der Waals surface area contributed by atoms with Crippen molar-refractivity contribution in [3.05, 3.63) is 16.1 Å². The van der Waals surface area contributed by atoms with Gasteiger partial charge in [-0.15, -0.1) is 11.3 Å². The molecule has 1 aliphatic heterocycles. The number of aliphatic hydroxyl groups is 1. The van der Waals surface area contributed by atoms with Crippen LogP contribution in [0.15, 0.2) is 6.20 Å². The number of hydrogen-bond donors (Lipinski definition) is 2. The van der Waals surface area contributed by atoms with Crippen molar-refractivity contribution in [2.24, 2.45) is 0 Å². The average molecular weight is 340 g/mol. The summed E-state index contributed by atoms with van der Waals surface area (Å²) >= 11 is 1.65. The maximum absolute atomic E-state index is 12.3. The van der Waals surface area contributed by atoms with E-state index >= 15 is 0 Å². The van der Waals surface area contributed by atoms with Gasteiger partial charge in [0.25, 0.3) is 0 Å². The van der Waals surface area contributed by atoms with Crippen molar-refractivity contribution in [1.82, 2.24) is 20.1 Å². The molecule has 0 bridgehead atoms. The molecule has 1 saturated heterocycles. The van der Waals surface area contributed by atoms with E-state index in [2.05, 4.69) is 29.0 Å². The monoisotopic (exact) mass is 340 g/mol. The second kappa shape index (κ2) is 7.59. The lowest BCUT2D eigenvalue weighted by molar-refractivity contribution is 0.00291. The fourth-order valence-corrected chi connectivity index (χ4v) is 3.57. The number of aryl methyl sites for hydroxylation is 1. The lowest BCUT2D eigenvalue weighted by Gasteiger charge is -2.41. The minimum atomic E-state index is -0.708. The molecule has 2 N–H and O–H groups in total. The number of nitrogens with zero attached hydrogens (tertiary/aromatic N) is 3. The maximum atomic E-state index is 12.3. The van der Waals surface area contributed by atoms with E-state index in [9.17, 15) is 9.90 Å². The van der Waals surface area contributed by atoms with Crippen molar-refractivity contribution in [1.29, 1.82) is 0 Å². The number of β-amino-alcohol motifs (C(OH)–C–C–N with tert-alkyl or cyclic N) is 1. The molecule has 1 aromatic heterocycles. The first-order valence-corrected chi connectivity index (χ1v) is 9.03. The third-order valence-corrected chi connectivity index (χ3v) is 5.12. The van der Waals surface area contributed by atoms with Crippen molar-refractivity contribution in [3.63, 3.8) is 0 Å². The molecule has 0 radical (unpaired) electrons. The quantitative estimate of drug-likeness (QED) is 0.856. The van der Waals surface area contributed by atoms with Gasteiger partial charge < -0.3 is 15.3 Å². The molecule has 0 aliphatic carbocycles. The van der Waals surface area contributed by atoms with Crippen molar-refractivity contribution in [2.45, 2.75) is 52.3 Å². The number of amides is 2. The number of urea groups is 1. The molecule has 0 saturated carbocycles. The van der Waals surface area contributed by atoms with Crippen LogP contribution in [0, 0.1) is 0 Å². The fourth-order valence-electron chi connectivity index (χ4n) is 2.77. The Kier molecular flexibility index (Phi) is 6.00. The molecule has 2 rings (SSSR count). The first-order chi connectivity index (χ1) is 10.8. The molecule has 7 heteroatoms. The van der Waals surface area contributed by atoms with Crippen LogP contribution in [0.2, 0.25) is 0 Å². The van der Waals surface area contributed by atoms with Gasteiger partial charge in [-0.3, -0.25) is 4.90 Å². The predicted octanol–water partition coefficient (Wildman–Crippen LogP) is 1.69. The number of thiazole rings is 1. The van der Waals surface area contributed by atoms with Crippen molar-refractivity contribution in [3.8, 4) is 0 Å². The highest BCUT2D eigenvalue weighted by Crippen LogP contribution is 2.15. The van der Waals surface area contributed by atoms with Crippen LogP contribution >= 0.6 is 11.3 Å². The minimum absolute atomic E-state index is 0.0343. The zero-order chi connectivity index (χ0) is 17.0. The highest BCUT2D eigenvalue weighted by atomic mass is 32.1. The van der Waals surface area contributed by atoms with E-state index in [0.29, 0.717) is 26.2 Å². The van der Waals surface area contributed by atoms with Crippen molar-refractivity contribution >= 4 is 17.4 Å². The zero-order valence-corrected chi connectivity index (χ0v) is 15.3. The standard InChI is InChI=1S/C16H28N4O2S/c1-5-13-8-17-14(23-13)9-18-15(21)19-6-7-20(12(2)10-19)11-16(3,4)22/h8,12,22H,5-7,9-11H2,1-4H3,(H,18,21). The summed E-state index contributed by atoms with van der Waals surface area (Å²) < 4.78 is 0. The van der Waals surface area contributed by atoms with Gasteiger partial charge in [0, 0.05) is 43.3 Å². The molecule has 0 aromatic carbocycles. The van der Waals surface area contributed by atoms with E-state index in [4.69, 9.17) is 0 Å². The van der Waals surface area contributed by atoms with Crippen LogP contribution < -0.4 is 5.32 Å². The number of hydrogen-bond acceptors (Lipinski definition) is 5. The Morgan fingerprint density at radius 3 is 2.83 bits per heavy atom. The Morgan fingerprint density at radius 1 is 1.52 bits per heavy atom.